The normalized spacial score (nSPS) is 18.7. The van der Waals surface area contributed by atoms with E-state index in [-0.39, 0.29) is 11.8 Å². The van der Waals surface area contributed by atoms with E-state index in [1.165, 1.54) is 0 Å². The number of carbonyl (C=O) groups excluding carboxylic acids is 2. The van der Waals surface area contributed by atoms with Gasteiger partial charge < -0.3 is 9.80 Å². The molecule has 0 unspecified atom stereocenters. The summed E-state index contributed by atoms with van der Waals surface area (Å²) >= 11 is 0. The molecular weight excluding hydrogens is 340 g/mol. The van der Waals surface area contributed by atoms with Crippen LogP contribution in [0.4, 0.5) is 0 Å². The third-order valence-electron chi connectivity index (χ3n) is 5.53. The van der Waals surface area contributed by atoms with Crippen LogP contribution >= 0.6 is 0 Å². The van der Waals surface area contributed by atoms with Crippen LogP contribution in [0.3, 0.4) is 0 Å². The first kappa shape index (κ1) is 17.9. The Hall–Kier alpha value is -2.47. The van der Waals surface area contributed by atoms with E-state index < -0.39 is 0 Å². The molecule has 0 bridgehead atoms. The van der Waals surface area contributed by atoms with Crippen molar-refractivity contribution in [1.29, 1.82) is 0 Å². The molecule has 2 saturated heterocycles. The number of carbonyl (C=O) groups is 2. The molecule has 6 heteroatoms. The lowest BCUT2D eigenvalue weighted by atomic mass is 10.1. The lowest BCUT2D eigenvalue weighted by Gasteiger charge is -2.24. The van der Waals surface area contributed by atoms with Crippen LogP contribution < -0.4 is 0 Å². The number of rotatable bonds is 3. The smallest absolute Gasteiger partial charge is 0.255 e. The first-order chi connectivity index (χ1) is 13.2. The Morgan fingerprint density at radius 2 is 1.67 bits per heavy atom. The topological polar surface area (TPSA) is 56.8 Å². The summed E-state index contributed by atoms with van der Waals surface area (Å²) in [4.78, 5) is 35.8. The van der Waals surface area contributed by atoms with Gasteiger partial charge in [0, 0.05) is 50.9 Å². The molecule has 0 spiro atoms. The SMILES string of the molecule is O=C(CN1CCCN(C(=O)c2cnc3ccccc3c2)CC1)N1CCCC1. The number of fused-ring (bicyclic) bond motifs is 1. The monoisotopic (exact) mass is 366 g/mol. The summed E-state index contributed by atoms with van der Waals surface area (Å²) in [6.45, 7) is 5.24. The highest BCUT2D eigenvalue weighted by molar-refractivity contribution is 5.97. The van der Waals surface area contributed by atoms with Crippen molar-refractivity contribution in [3.05, 3.63) is 42.1 Å². The van der Waals surface area contributed by atoms with E-state index in [9.17, 15) is 9.59 Å². The molecule has 2 amide bonds. The molecule has 0 aliphatic carbocycles. The number of hydrogen-bond acceptors (Lipinski definition) is 4. The summed E-state index contributed by atoms with van der Waals surface area (Å²) in [5, 5.41) is 0.982. The minimum atomic E-state index is 0.0287. The molecule has 0 atom stereocenters. The molecule has 1 aromatic carbocycles. The fourth-order valence-corrected chi connectivity index (χ4v) is 3.96. The number of likely N-dealkylation sites (tertiary alicyclic amines) is 1. The van der Waals surface area contributed by atoms with Gasteiger partial charge in [0.05, 0.1) is 17.6 Å². The molecule has 3 heterocycles. The standard InChI is InChI=1S/C21H26N4O2/c26-20(24-9-3-4-10-24)16-23-8-5-11-25(13-12-23)21(27)18-14-17-6-1-2-7-19(17)22-15-18/h1-2,6-7,14-15H,3-5,8-13,16H2. The van der Waals surface area contributed by atoms with Crippen molar-refractivity contribution in [1.82, 2.24) is 19.7 Å². The van der Waals surface area contributed by atoms with Gasteiger partial charge in [-0.2, -0.15) is 0 Å². The summed E-state index contributed by atoms with van der Waals surface area (Å²) < 4.78 is 0. The second-order valence-corrected chi connectivity index (χ2v) is 7.43. The van der Waals surface area contributed by atoms with Gasteiger partial charge in [-0.25, -0.2) is 0 Å². The summed E-state index contributed by atoms with van der Waals surface area (Å²) in [6, 6.07) is 9.76. The predicted molar refractivity (Wildman–Crippen MR) is 105 cm³/mol. The van der Waals surface area contributed by atoms with Gasteiger partial charge in [-0.3, -0.25) is 19.5 Å². The minimum Gasteiger partial charge on any atom is -0.342 e. The lowest BCUT2D eigenvalue weighted by molar-refractivity contribution is -0.131. The van der Waals surface area contributed by atoms with Gasteiger partial charge >= 0.3 is 0 Å². The zero-order valence-electron chi connectivity index (χ0n) is 15.6. The molecule has 1 aromatic heterocycles. The van der Waals surface area contributed by atoms with E-state index in [1.807, 2.05) is 40.1 Å². The molecule has 0 saturated carbocycles. The van der Waals surface area contributed by atoms with Crippen molar-refractivity contribution >= 4 is 22.7 Å². The first-order valence-corrected chi connectivity index (χ1v) is 9.85. The Labute approximate surface area is 159 Å². The highest BCUT2D eigenvalue weighted by Crippen LogP contribution is 2.16. The molecule has 27 heavy (non-hydrogen) atoms. The number of aromatic nitrogens is 1. The third-order valence-corrected chi connectivity index (χ3v) is 5.53. The number of amides is 2. The zero-order valence-corrected chi connectivity index (χ0v) is 15.6. The maximum Gasteiger partial charge on any atom is 0.255 e. The maximum absolute atomic E-state index is 12.9. The highest BCUT2D eigenvalue weighted by Gasteiger charge is 2.24. The van der Waals surface area contributed by atoms with E-state index in [4.69, 9.17) is 0 Å². The average Bonchev–Trinajstić information content (AvgIpc) is 3.15. The quantitative estimate of drug-likeness (QED) is 0.834. The van der Waals surface area contributed by atoms with Gasteiger partial charge in [-0.05, 0) is 31.4 Å². The van der Waals surface area contributed by atoms with Crippen LogP contribution in [0.1, 0.15) is 29.6 Å². The van der Waals surface area contributed by atoms with E-state index in [1.54, 1.807) is 6.20 Å². The highest BCUT2D eigenvalue weighted by atomic mass is 16.2. The fourth-order valence-electron chi connectivity index (χ4n) is 3.96. The van der Waals surface area contributed by atoms with Crippen LogP contribution in [0, 0.1) is 0 Å². The van der Waals surface area contributed by atoms with Crippen LogP contribution in [0.25, 0.3) is 10.9 Å². The molecule has 2 fully saturated rings. The minimum absolute atomic E-state index is 0.0287. The van der Waals surface area contributed by atoms with Crippen molar-refractivity contribution < 1.29 is 9.59 Å². The van der Waals surface area contributed by atoms with E-state index in [0.717, 1.165) is 62.9 Å². The zero-order chi connectivity index (χ0) is 18.6. The Kier molecular flexibility index (Phi) is 5.34. The molecule has 0 N–H and O–H groups in total. The average molecular weight is 366 g/mol. The van der Waals surface area contributed by atoms with Gasteiger partial charge in [-0.15, -0.1) is 0 Å². The summed E-state index contributed by atoms with van der Waals surface area (Å²) in [7, 11) is 0. The lowest BCUT2D eigenvalue weighted by Crippen LogP contribution is -2.41. The molecule has 2 aliphatic heterocycles. The fraction of sp³-hybridized carbons (Fsp3) is 0.476. The van der Waals surface area contributed by atoms with Crippen molar-refractivity contribution in [3.8, 4) is 0 Å². The summed E-state index contributed by atoms with van der Waals surface area (Å²) in [5.41, 5.74) is 1.53. The van der Waals surface area contributed by atoms with Crippen molar-refractivity contribution in [2.75, 3.05) is 45.8 Å². The molecule has 6 nitrogen and oxygen atoms in total. The molecular formula is C21H26N4O2. The van der Waals surface area contributed by atoms with Crippen molar-refractivity contribution in [2.45, 2.75) is 19.3 Å². The maximum atomic E-state index is 12.9. The number of pyridine rings is 1. The van der Waals surface area contributed by atoms with Gasteiger partial charge in [0.2, 0.25) is 5.91 Å². The third kappa shape index (κ3) is 4.11. The second-order valence-electron chi connectivity index (χ2n) is 7.43. The van der Waals surface area contributed by atoms with Crippen LogP contribution in [0.2, 0.25) is 0 Å². The van der Waals surface area contributed by atoms with Crippen LogP contribution in [-0.4, -0.2) is 77.3 Å². The molecule has 0 radical (unpaired) electrons. The Balaban J connectivity index is 1.38. The molecule has 2 aliphatic rings. The van der Waals surface area contributed by atoms with Gasteiger partial charge in [0.15, 0.2) is 0 Å². The van der Waals surface area contributed by atoms with Gasteiger partial charge in [0.25, 0.3) is 5.91 Å². The Bertz CT molecular complexity index is 832. The number of benzene rings is 1. The van der Waals surface area contributed by atoms with E-state index in [2.05, 4.69) is 9.88 Å². The van der Waals surface area contributed by atoms with Crippen LogP contribution in [-0.2, 0) is 4.79 Å². The Morgan fingerprint density at radius 1 is 0.889 bits per heavy atom. The van der Waals surface area contributed by atoms with Crippen LogP contribution in [0.15, 0.2) is 36.5 Å². The predicted octanol–water partition coefficient (Wildman–Crippen LogP) is 2.01. The van der Waals surface area contributed by atoms with Crippen molar-refractivity contribution in [2.24, 2.45) is 0 Å². The first-order valence-electron chi connectivity index (χ1n) is 9.85. The molecule has 142 valence electrons. The Morgan fingerprint density at radius 3 is 2.52 bits per heavy atom. The number of hydrogen-bond donors (Lipinski definition) is 0. The van der Waals surface area contributed by atoms with Gasteiger partial charge in [0.1, 0.15) is 0 Å². The molecule has 4 rings (SSSR count). The summed E-state index contributed by atoms with van der Waals surface area (Å²) in [5.74, 6) is 0.256. The van der Waals surface area contributed by atoms with Crippen LogP contribution in [0.5, 0.6) is 0 Å². The number of nitrogens with zero attached hydrogens (tertiary/aromatic N) is 4. The van der Waals surface area contributed by atoms with E-state index >= 15 is 0 Å². The molecule has 2 aromatic rings. The largest absolute Gasteiger partial charge is 0.342 e. The summed E-state index contributed by atoms with van der Waals surface area (Å²) in [6.07, 6.45) is 4.80. The van der Waals surface area contributed by atoms with Gasteiger partial charge in [-0.1, -0.05) is 18.2 Å². The number of para-hydroxylation sites is 1. The van der Waals surface area contributed by atoms with E-state index in [0.29, 0.717) is 18.7 Å². The van der Waals surface area contributed by atoms with Crippen molar-refractivity contribution in [3.63, 3.8) is 0 Å². The second kappa shape index (κ2) is 8.05.